The third kappa shape index (κ3) is 5.72. The maximum Gasteiger partial charge on any atom is 0.167 e. The van der Waals surface area contributed by atoms with Crippen LogP contribution in [0.5, 0.6) is 0 Å². The van der Waals surface area contributed by atoms with E-state index in [0.29, 0.717) is 11.2 Å². The van der Waals surface area contributed by atoms with Crippen molar-refractivity contribution in [3.63, 3.8) is 0 Å². The maximum absolute atomic E-state index is 13.4. The highest BCUT2D eigenvalue weighted by Crippen LogP contribution is 2.54. The van der Waals surface area contributed by atoms with Gasteiger partial charge < -0.3 is 29.4 Å². The van der Waals surface area contributed by atoms with Crippen LogP contribution in [0.1, 0.15) is 47.8 Å². The molecule has 3 rings (SSSR count). The van der Waals surface area contributed by atoms with Crippen molar-refractivity contribution in [3.05, 3.63) is 12.7 Å². The summed E-state index contributed by atoms with van der Waals surface area (Å²) in [4.78, 5) is 25.9. The summed E-state index contributed by atoms with van der Waals surface area (Å²) in [6, 6.07) is 0. The van der Waals surface area contributed by atoms with Gasteiger partial charge in [-0.25, -0.2) is 15.0 Å². The fraction of sp³-hybridized carbons (Fsp3) is 0.667. The molecule has 182 valence electrons. The van der Waals surface area contributed by atoms with Crippen molar-refractivity contribution in [1.82, 2.24) is 19.5 Å². The predicted molar refractivity (Wildman–Crippen MR) is 127 cm³/mol. The number of nitrogen functional groups attached to an aromatic ring is 1. The first-order valence-corrected chi connectivity index (χ1v) is 13.2. The lowest BCUT2D eigenvalue weighted by atomic mass is 10.1. The maximum atomic E-state index is 13.4. The molecule has 33 heavy (non-hydrogen) atoms. The molecule has 0 spiro atoms. The number of terminal acetylenes is 1. The number of anilines is 1. The summed E-state index contributed by atoms with van der Waals surface area (Å²) >= 11 is 5.41. The molecule has 1 saturated heterocycles. The first-order chi connectivity index (χ1) is 15.2. The summed E-state index contributed by atoms with van der Waals surface area (Å²) in [5.74, 6) is 2.70. The minimum atomic E-state index is -3.51. The topological polar surface area (TPSA) is 130 Å². The average Bonchev–Trinajstić information content (AvgIpc) is 3.25. The fourth-order valence-electron chi connectivity index (χ4n) is 3.22. The molecular weight excluding hydrogens is 465 g/mol. The number of rotatable bonds is 7. The number of ether oxygens (including phenoxy) is 3. The molecule has 5 atom stereocenters. The van der Waals surface area contributed by atoms with E-state index in [1.165, 1.54) is 12.7 Å². The zero-order valence-corrected chi connectivity index (χ0v) is 21.4. The van der Waals surface area contributed by atoms with E-state index in [1.54, 1.807) is 25.3 Å². The molecule has 1 fully saturated rings. The van der Waals surface area contributed by atoms with E-state index in [1.807, 2.05) is 20.8 Å². The van der Waals surface area contributed by atoms with Crippen LogP contribution in [0.15, 0.2) is 12.7 Å². The Morgan fingerprint density at radius 2 is 1.94 bits per heavy atom. The third-order valence-corrected chi connectivity index (χ3v) is 9.13. The van der Waals surface area contributed by atoms with Gasteiger partial charge in [-0.3, -0.25) is 4.57 Å². The van der Waals surface area contributed by atoms with Gasteiger partial charge in [0.15, 0.2) is 17.7 Å². The number of hydrogen-bond donors (Lipinski definition) is 1. The molecule has 10 nitrogen and oxygen atoms in total. The summed E-state index contributed by atoms with van der Waals surface area (Å²) in [5.41, 5.74) is 6.38. The highest BCUT2D eigenvalue weighted by Gasteiger charge is 2.49. The number of nitrogens with zero attached hydrogens (tertiary/aromatic N) is 4. The number of fused-ring (bicyclic) bond motifs is 1. The summed E-state index contributed by atoms with van der Waals surface area (Å²) in [5, 5.41) is -0.768. The van der Waals surface area contributed by atoms with E-state index in [2.05, 4.69) is 20.9 Å². The molecule has 2 N–H and O–H groups in total. The van der Waals surface area contributed by atoms with Gasteiger partial charge in [-0.1, -0.05) is 38.5 Å². The van der Waals surface area contributed by atoms with Crippen LogP contribution < -0.4 is 10.6 Å². The number of aromatic nitrogens is 4. The SMILES string of the molecule is C#CCOC1[C@@H](OP([O-])(=S)C(C)(C)C)[C@@H](COC(C)(C)C)O[C@H]1n1cnc2c(N)ncnc21. The van der Waals surface area contributed by atoms with Crippen molar-refractivity contribution < 1.29 is 23.6 Å². The van der Waals surface area contributed by atoms with Crippen molar-refractivity contribution in [2.45, 2.75) is 76.8 Å². The smallest absolute Gasteiger partial charge is 0.167 e. The van der Waals surface area contributed by atoms with E-state index in [9.17, 15) is 4.89 Å². The van der Waals surface area contributed by atoms with Crippen molar-refractivity contribution in [1.29, 1.82) is 0 Å². The van der Waals surface area contributed by atoms with Gasteiger partial charge in [0.1, 0.15) is 36.8 Å². The first kappa shape index (κ1) is 26.0. The van der Waals surface area contributed by atoms with E-state index in [0.717, 1.165) is 0 Å². The van der Waals surface area contributed by atoms with Crippen LogP contribution in [-0.4, -0.2) is 61.8 Å². The molecule has 2 unspecified atom stereocenters. The van der Waals surface area contributed by atoms with Crippen LogP contribution in [0, 0.1) is 12.3 Å². The Kier molecular flexibility index (Phi) is 7.51. The highest BCUT2D eigenvalue weighted by atomic mass is 32.5. The second-order valence-electron chi connectivity index (χ2n) is 9.79. The summed E-state index contributed by atoms with van der Waals surface area (Å²) in [6.07, 6.45) is 5.36. The molecule has 2 aromatic heterocycles. The highest BCUT2D eigenvalue weighted by molar-refractivity contribution is 8.09. The van der Waals surface area contributed by atoms with E-state index in [4.69, 9.17) is 42.7 Å². The number of imidazole rings is 1. The van der Waals surface area contributed by atoms with Gasteiger partial charge in [-0.15, -0.1) is 6.42 Å². The summed E-state index contributed by atoms with van der Waals surface area (Å²) < 4.78 is 26.1. The van der Waals surface area contributed by atoms with Gasteiger partial charge in [0.05, 0.1) is 18.5 Å². The van der Waals surface area contributed by atoms with Gasteiger partial charge in [-0.05, 0) is 20.8 Å². The zero-order valence-electron chi connectivity index (χ0n) is 19.7. The van der Waals surface area contributed by atoms with Crippen molar-refractivity contribution in [2.75, 3.05) is 18.9 Å². The molecule has 0 saturated carbocycles. The molecule has 0 aromatic carbocycles. The lowest BCUT2D eigenvalue weighted by Crippen LogP contribution is -2.42. The Balaban J connectivity index is 2.04. The van der Waals surface area contributed by atoms with Gasteiger partial charge in [0.25, 0.3) is 0 Å². The van der Waals surface area contributed by atoms with Crippen LogP contribution >= 0.6 is 6.49 Å². The predicted octanol–water partition coefficient (Wildman–Crippen LogP) is 1.99. The molecule has 3 heterocycles. The minimum Gasteiger partial charge on any atom is -0.800 e. The van der Waals surface area contributed by atoms with Gasteiger partial charge in [0, 0.05) is 11.6 Å². The molecule has 1 aliphatic heterocycles. The molecule has 0 aliphatic carbocycles. The zero-order chi connectivity index (χ0) is 24.6. The molecule has 1 aliphatic rings. The Morgan fingerprint density at radius 3 is 2.55 bits per heavy atom. The molecule has 0 amide bonds. The van der Waals surface area contributed by atoms with E-state index < -0.39 is 41.8 Å². The first-order valence-electron chi connectivity index (χ1n) is 10.5. The molecular formula is C21H31N5O5PS-. The van der Waals surface area contributed by atoms with Gasteiger partial charge in [0.2, 0.25) is 0 Å². The summed E-state index contributed by atoms with van der Waals surface area (Å²) in [7, 11) is 0. The van der Waals surface area contributed by atoms with Crippen LogP contribution in [0.25, 0.3) is 11.2 Å². The monoisotopic (exact) mass is 496 g/mol. The normalized spacial score (nSPS) is 25.8. The standard InChI is InChI=1S/C21H32N5O5PS/c1-8-9-28-16-15(31-32(27,33)21(5,6)7)13(10-29-20(2,3)4)30-19(16)26-12-25-14-17(22)23-11-24-18(14)26/h1,11-13,15-16,19H,9-10H2,2-7H3,(H,27,33)(H2,22,23,24)/p-1/t13-,15+,16?,19-,32?/m1/s1. The molecule has 12 heteroatoms. The largest absolute Gasteiger partial charge is 0.800 e. The Morgan fingerprint density at radius 1 is 1.24 bits per heavy atom. The second kappa shape index (κ2) is 9.55. The number of nitrogens with two attached hydrogens (primary N) is 1. The molecule has 2 aromatic rings. The van der Waals surface area contributed by atoms with Crippen LogP contribution in [0.4, 0.5) is 5.82 Å². The van der Waals surface area contributed by atoms with E-state index in [-0.39, 0.29) is 19.0 Å². The van der Waals surface area contributed by atoms with E-state index >= 15 is 0 Å². The number of hydrogen-bond acceptors (Lipinski definition) is 10. The Bertz CT molecular complexity index is 1070. The van der Waals surface area contributed by atoms with Crippen LogP contribution in [0.2, 0.25) is 0 Å². The van der Waals surface area contributed by atoms with Gasteiger partial charge in [-0.2, -0.15) is 0 Å². The quantitative estimate of drug-likeness (QED) is 0.449. The lowest BCUT2D eigenvalue weighted by Gasteiger charge is -2.43. The summed E-state index contributed by atoms with van der Waals surface area (Å²) in [6.45, 7) is 7.73. The van der Waals surface area contributed by atoms with Crippen LogP contribution in [-0.2, 0) is 30.5 Å². The van der Waals surface area contributed by atoms with Gasteiger partial charge >= 0.3 is 0 Å². The third-order valence-electron chi connectivity index (χ3n) is 5.07. The van der Waals surface area contributed by atoms with Crippen molar-refractivity contribution >= 4 is 35.3 Å². The second-order valence-corrected chi connectivity index (χ2v) is 13.8. The molecule has 0 radical (unpaired) electrons. The lowest BCUT2D eigenvalue weighted by molar-refractivity contribution is -0.197. The average molecular weight is 497 g/mol. The Labute approximate surface area is 199 Å². The minimum absolute atomic E-state index is 0.0156. The fourth-order valence-corrected chi connectivity index (χ4v) is 4.41. The Hall–Kier alpha value is -1.64. The van der Waals surface area contributed by atoms with Crippen molar-refractivity contribution in [3.8, 4) is 12.3 Å². The van der Waals surface area contributed by atoms with Crippen molar-refractivity contribution in [2.24, 2.45) is 0 Å². The molecule has 0 bridgehead atoms. The van der Waals surface area contributed by atoms with Crippen LogP contribution in [0.3, 0.4) is 0 Å².